The van der Waals surface area contributed by atoms with Crippen molar-refractivity contribution in [3.05, 3.63) is 53.6 Å². The molecule has 0 aliphatic rings. The zero-order valence-electron chi connectivity index (χ0n) is 11.8. The first-order valence-electron chi connectivity index (χ1n) is 6.76. The number of hydrazine groups is 1. The van der Waals surface area contributed by atoms with Crippen LogP contribution in [0.1, 0.15) is 36.6 Å². The van der Waals surface area contributed by atoms with Gasteiger partial charge in [0.2, 0.25) is 0 Å². The van der Waals surface area contributed by atoms with E-state index in [4.69, 9.17) is 10.6 Å². The van der Waals surface area contributed by atoms with E-state index in [9.17, 15) is 0 Å². The third kappa shape index (κ3) is 3.12. The highest BCUT2D eigenvalue weighted by molar-refractivity contribution is 5.37. The van der Waals surface area contributed by atoms with Gasteiger partial charge < -0.3 is 4.74 Å². The summed E-state index contributed by atoms with van der Waals surface area (Å²) >= 11 is 0. The van der Waals surface area contributed by atoms with E-state index in [1.54, 1.807) is 18.6 Å². The van der Waals surface area contributed by atoms with Crippen molar-refractivity contribution in [2.75, 3.05) is 6.61 Å². The fourth-order valence-corrected chi connectivity index (χ4v) is 2.22. The molecule has 5 heteroatoms. The molecule has 2 heterocycles. The van der Waals surface area contributed by atoms with Gasteiger partial charge in [-0.3, -0.25) is 15.8 Å². The van der Waals surface area contributed by atoms with Crippen molar-refractivity contribution in [3.63, 3.8) is 0 Å². The highest BCUT2D eigenvalue weighted by Gasteiger charge is 2.16. The Morgan fingerprint density at radius 3 is 2.80 bits per heavy atom. The summed E-state index contributed by atoms with van der Waals surface area (Å²) < 4.78 is 5.49. The van der Waals surface area contributed by atoms with Crippen LogP contribution in [0, 0.1) is 0 Å². The molecule has 1 unspecified atom stereocenters. The summed E-state index contributed by atoms with van der Waals surface area (Å²) in [7, 11) is 0. The van der Waals surface area contributed by atoms with Crippen LogP contribution in [0.5, 0.6) is 5.75 Å². The van der Waals surface area contributed by atoms with Gasteiger partial charge >= 0.3 is 0 Å². The number of hydrogen-bond donors (Lipinski definition) is 2. The lowest BCUT2D eigenvalue weighted by Gasteiger charge is -2.19. The van der Waals surface area contributed by atoms with Crippen LogP contribution in [0.3, 0.4) is 0 Å². The predicted octanol–water partition coefficient (Wildman–Crippen LogP) is 1.99. The van der Waals surface area contributed by atoms with Gasteiger partial charge in [-0.1, -0.05) is 6.92 Å². The number of aromatic nitrogens is 2. The van der Waals surface area contributed by atoms with E-state index in [1.807, 2.05) is 25.3 Å². The molecule has 0 amide bonds. The van der Waals surface area contributed by atoms with E-state index in [2.05, 4.69) is 22.3 Å². The van der Waals surface area contributed by atoms with Crippen LogP contribution in [0.15, 0.2) is 36.9 Å². The Morgan fingerprint density at radius 1 is 1.25 bits per heavy atom. The maximum atomic E-state index is 5.75. The third-order valence-corrected chi connectivity index (χ3v) is 3.18. The molecule has 0 saturated heterocycles. The molecular weight excluding hydrogens is 252 g/mol. The zero-order chi connectivity index (χ0) is 14.4. The van der Waals surface area contributed by atoms with E-state index in [0.29, 0.717) is 6.61 Å². The Kier molecular flexibility index (Phi) is 5.03. The van der Waals surface area contributed by atoms with Gasteiger partial charge in [0.1, 0.15) is 5.75 Å². The monoisotopic (exact) mass is 272 g/mol. The van der Waals surface area contributed by atoms with Crippen LogP contribution in [0.4, 0.5) is 0 Å². The number of rotatable bonds is 6. The molecule has 3 N–H and O–H groups in total. The fourth-order valence-electron chi connectivity index (χ4n) is 2.22. The van der Waals surface area contributed by atoms with Crippen LogP contribution in [0.2, 0.25) is 0 Å². The molecule has 1 atom stereocenters. The van der Waals surface area contributed by atoms with Gasteiger partial charge in [0, 0.05) is 18.6 Å². The van der Waals surface area contributed by atoms with Crippen LogP contribution in [0.25, 0.3) is 0 Å². The summed E-state index contributed by atoms with van der Waals surface area (Å²) in [6.07, 6.45) is 8.05. The first-order valence-corrected chi connectivity index (χ1v) is 6.76. The van der Waals surface area contributed by atoms with E-state index >= 15 is 0 Å². The minimum atomic E-state index is -0.124. The topological polar surface area (TPSA) is 73.1 Å². The SMILES string of the molecule is CCOc1cncc(C(NN)c2ccncc2CC)c1. The average molecular weight is 272 g/mol. The number of nitrogens with zero attached hydrogens (tertiary/aromatic N) is 2. The molecule has 5 nitrogen and oxygen atoms in total. The molecule has 0 saturated carbocycles. The molecule has 0 bridgehead atoms. The first kappa shape index (κ1) is 14.4. The van der Waals surface area contributed by atoms with Crippen LogP contribution in [-0.4, -0.2) is 16.6 Å². The molecule has 0 aliphatic heterocycles. The quantitative estimate of drug-likeness (QED) is 0.621. The Balaban J connectivity index is 2.39. The van der Waals surface area contributed by atoms with Crippen LogP contribution >= 0.6 is 0 Å². The number of aryl methyl sites for hydroxylation is 1. The standard InChI is InChI=1S/C15H20N4O/c1-3-11-8-17-6-5-14(11)15(19-16)12-7-13(20-4-2)10-18-9-12/h5-10,15,19H,3-4,16H2,1-2H3. The molecule has 106 valence electrons. The van der Waals surface area contributed by atoms with Crippen molar-refractivity contribution < 1.29 is 4.74 Å². The number of ether oxygens (including phenoxy) is 1. The van der Waals surface area contributed by atoms with Gasteiger partial charge in [-0.2, -0.15) is 0 Å². The van der Waals surface area contributed by atoms with Crippen molar-refractivity contribution in [2.45, 2.75) is 26.3 Å². The largest absolute Gasteiger partial charge is 0.492 e. The molecule has 0 aliphatic carbocycles. The van der Waals surface area contributed by atoms with Gasteiger partial charge in [0.05, 0.1) is 18.8 Å². The van der Waals surface area contributed by atoms with E-state index < -0.39 is 0 Å². The highest BCUT2D eigenvalue weighted by atomic mass is 16.5. The lowest BCUT2D eigenvalue weighted by Crippen LogP contribution is -2.29. The highest BCUT2D eigenvalue weighted by Crippen LogP contribution is 2.26. The van der Waals surface area contributed by atoms with Crippen LogP contribution < -0.4 is 16.0 Å². The van der Waals surface area contributed by atoms with Crippen molar-refractivity contribution in [3.8, 4) is 5.75 Å². The normalized spacial score (nSPS) is 12.2. The summed E-state index contributed by atoms with van der Waals surface area (Å²) in [4.78, 5) is 8.38. The van der Waals surface area contributed by atoms with Gasteiger partial charge in [-0.15, -0.1) is 0 Å². The Labute approximate surface area is 119 Å². The van der Waals surface area contributed by atoms with E-state index in [-0.39, 0.29) is 6.04 Å². The maximum absolute atomic E-state index is 5.75. The Hall–Kier alpha value is -1.98. The van der Waals surface area contributed by atoms with Gasteiger partial charge in [0.15, 0.2) is 0 Å². The van der Waals surface area contributed by atoms with E-state index in [1.165, 1.54) is 0 Å². The minimum absolute atomic E-state index is 0.124. The molecule has 2 rings (SSSR count). The summed E-state index contributed by atoms with van der Waals surface area (Å²) in [5.41, 5.74) is 6.10. The van der Waals surface area contributed by atoms with E-state index in [0.717, 1.165) is 28.9 Å². The molecule has 0 aromatic carbocycles. The lowest BCUT2D eigenvalue weighted by molar-refractivity contribution is 0.338. The smallest absolute Gasteiger partial charge is 0.137 e. The van der Waals surface area contributed by atoms with Crippen molar-refractivity contribution in [2.24, 2.45) is 5.84 Å². The molecule has 2 aromatic heterocycles. The molecular formula is C15H20N4O. The number of pyridine rings is 2. The Morgan fingerprint density at radius 2 is 2.10 bits per heavy atom. The van der Waals surface area contributed by atoms with Crippen LogP contribution in [-0.2, 0) is 6.42 Å². The van der Waals surface area contributed by atoms with Crippen molar-refractivity contribution in [1.29, 1.82) is 0 Å². The fraction of sp³-hybridized carbons (Fsp3) is 0.333. The predicted molar refractivity (Wildman–Crippen MR) is 78.2 cm³/mol. The second-order valence-electron chi connectivity index (χ2n) is 4.41. The number of nitrogens with two attached hydrogens (primary N) is 1. The Bertz CT molecular complexity index is 559. The average Bonchev–Trinajstić information content (AvgIpc) is 2.49. The molecule has 0 fully saturated rings. The molecule has 2 aromatic rings. The number of hydrogen-bond acceptors (Lipinski definition) is 5. The molecule has 0 radical (unpaired) electrons. The summed E-state index contributed by atoms with van der Waals surface area (Å²) in [5, 5.41) is 0. The second-order valence-corrected chi connectivity index (χ2v) is 4.41. The van der Waals surface area contributed by atoms with Gasteiger partial charge in [-0.25, -0.2) is 5.43 Å². The number of nitrogens with one attached hydrogen (secondary N) is 1. The van der Waals surface area contributed by atoms with Gasteiger partial charge in [-0.05, 0) is 42.2 Å². The third-order valence-electron chi connectivity index (χ3n) is 3.18. The second kappa shape index (κ2) is 6.98. The van der Waals surface area contributed by atoms with Crippen molar-refractivity contribution in [1.82, 2.24) is 15.4 Å². The van der Waals surface area contributed by atoms with Gasteiger partial charge in [0.25, 0.3) is 0 Å². The maximum Gasteiger partial charge on any atom is 0.137 e. The first-order chi connectivity index (χ1) is 9.80. The zero-order valence-corrected chi connectivity index (χ0v) is 11.8. The molecule has 20 heavy (non-hydrogen) atoms. The lowest BCUT2D eigenvalue weighted by atomic mass is 9.96. The summed E-state index contributed by atoms with van der Waals surface area (Å²) in [6, 6.07) is 3.82. The minimum Gasteiger partial charge on any atom is -0.492 e. The van der Waals surface area contributed by atoms with Crippen molar-refractivity contribution >= 4 is 0 Å². The molecule has 0 spiro atoms. The summed E-state index contributed by atoms with van der Waals surface area (Å²) in [5.74, 6) is 6.49. The summed E-state index contributed by atoms with van der Waals surface area (Å²) in [6.45, 7) is 4.66.